The average Bonchev–Trinajstić information content (AvgIpc) is 2.63. The fraction of sp³-hybridized carbons (Fsp3) is 0.182. The minimum absolute atomic E-state index is 0.413. The van der Waals surface area contributed by atoms with E-state index in [1.165, 1.54) is 11.1 Å². The molecule has 0 amide bonds. The van der Waals surface area contributed by atoms with Gasteiger partial charge in [-0.1, -0.05) is 57.9 Å². The van der Waals surface area contributed by atoms with Crippen molar-refractivity contribution < 1.29 is 4.74 Å². The number of ether oxygens (including phenoxy) is 1. The second kappa shape index (κ2) is 9.13. The first-order valence-corrected chi connectivity index (χ1v) is 10.6. The van der Waals surface area contributed by atoms with E-state index < -0.39 is 0 Å². The van der Waals surface area contributed by atoms with Crippen LogP contribution in [0.4, 0.5) is 5.69 Å². The van der Waals surface area contributed by atoms with Crippen LogP contribution in [0.1, 0.15) is 22.3 Å². The Bertz CT molecular complexity index is 959. The molecule has 0 unspecified atom stereocenters. The van der Waals surface area contributed by atoms with Gasteiger partial charge in [-0.2, -0.15) is 0 Å². The molecule has 0 aliphatic heterocycles. The highest BCUT2D eigenvalue weighted by atomic mass is 79.9. The molecule has 0 bridgehead atoms. The highest BCUT2D eigenvalue weighted by Crippen LogP contribution is 2.34. The topological polar surface area (TPSA) is 21.3 Å². The Labute approximate surface area is 182 Å². The van der Waals surface area contributed by atoms with Gasteiger partial charge in [0.2, 0.25) is 0 Å². The Balaban J connectivity index is 1.82. The van der Waals surface area contributed by atoms with E-state index in [1.54, 1.807) is 0 Å². The van der Waals surface area contributed by atoms with Gasteiger partial charge in [0.25, 0.3) is 0 Å². The number of hydrogen-bond donors (Lipinski definition) is 1. The fourth-order valence-corrected chi connectivity index (χ4v) is 4.42. The zero-order valence-corrected chi connectivity index (χ0v) is 19.1. The average molecular weight is 510 g/mol. The summed E-state index contributed by atoms with van der Waals surface area (Å²) in [5.41, 5.74) is 5.67. The molecule has 3 aromatic carbocycles. The van der Waals surface area contributed by atoms with E-state index in [9.17, 15) is 0 Å². The standard InChI is InChI=1S/C22H20Br2ClNO/c1-14-6-5-9-21(15(14)2)26-12-17-10-18(23)11-19(24)22(17)27-13-16-7-3-4-8-20(16)25/h3-11,26H,12-13H2,1-2H3. The van der Waals surface area contributed by atoms with Gasteiger partial charge in [-0.25, -0.2) is 0 Å². The smallest absolute Gasteiger partial charge is 0.139 e. The van der Waals surface area contributed by atoms with Crippen LogP contribution < -0.4 is 10.1 Å². The third kappa shape index (κ3) is 5.07. The van der Waals surface area contributed by atoms with Crippen molar-refractivity contribution in [2.45, 2.75) is 27.0 Å². The molecule has 3 rings (SSSR count). The number of anilines is 1. The molecule has 0 radical (unpaired) electrons. The molecule has 0 saturated heterocycles. The molecule has 27 heavy (non-hydrogen) atoms. The van der Waals surface area contributed by atoms with Crippen LogP contribution in [-0.2, 0) is 13.2 Å². The largest absolute Gasteiger partial charge is 0.487 e. The van der Waals surface area contributed by atoms with Gasteiger partial charge in [-0.05, 0) is 65.2 Å². The van der Waals surface area contributed by atoms with Gasteiger partial charge in [-0.3, -0.25) is 0 Å². The number of hydrogen-bond acceptors (Lipinski definition) is 2. The summed E-state index contributed by atoms with van der Waals surface area (Å²) >= 11 is 13.5. The van der Waals surface area contributed by atoms with Crippen LogP contribution in [0.2, 0.25) is 5.02 Å². The van der Waals surface area contributed by atoms with Crippen molar-refractivity contribution in [3.8, 4) is 5.75 Å². The molecule has 0 saturated carbocycles. The highest BCUT2D eigenvalue weighted by Gasteiger charge is 2.12. The fourth-order valence-electron chi connectivity index (χ4n) is 2.81. The van der Waals surface area contributed by atoms with E-state index in [2.05, 4.69) is 75.3 Å². The molecule has 0 atom stereocenters. The van der Waals surface area contributed by atoms with E-state index in [1.807, 2.05) is 30.3 Å². The minimum atomic E-state index is 0.413. The van der Waals surface area contributed by atoms with E-state index in [0.29, 0.717) is 18.2 Å². The Morgan fingerprint density at radius 3 is 2.52 bits per heavy atom. The number of benzene rings is 3. The lowest BCUT2D eigenvalue weighted by Gasteiger charge is -2.17. The summed E-state index contributed by atoms with van der Waals surface area (Å²) in [5.74, 6) is 0.816. The van der Waals surface area contributed by atoms with Crippen molar-refractivity contribution in [2.75, 3.05) is 5.32 Å². The number of halogens is 3. The van der Waals surface area contributed by atoms with E-state index in [4.69, 9.17) is 16.3 Å². The Morgan fingerprint density at radius 1 is 0.963 bits per heavy atom. The Kier molecular flexibility index (Phi) is 6.85. The normalized spacial score (nSPS) is 10.7. The predicted molar refractivity (Wildman–Crippen MR) is 121 cm³/mol. The molecule has 2 nitrogen and oxygen atoms in total. The van der Waals surface area contributed by atoms with Gasteiger partial charge in [-0.15, -0.1) is 0 Å². The predicted octanol–water partition coefficient (Wildman–Crippen LogP) is 7.67. The molecule has 0 aromatic heterocycles. The summed E-state index contributed by atoms with van der Waals surface area (Å²) in [4.78, 5) is 0. The van der Waals surface area contributed by atoms with Crippen LogP contribution in [0.5, 0.6) is 5.75 Å². The zero-order valence-electron chi connectivity index (χ0n) is 15.2. The summed E-state index contributed by atoms with van der Waals surface area (Å²) in [6.07, 6.45) is 0. The van der Waals surface area contributed by atoms with Gasteiger partial charge >= 0.3 is 0 Å². The van der Waals surface area contributed by atoms with Gasteiger partial charge < -0.3 is 10.1 Å². The molecule has 5 heteroatoms. The van der Waals surface area contributed by atoms with Crippen molar-refractivity contribution in [2.24, 2.45) is 0 Å². The first-order valence-electron chi connectivity index (χ1n) is 8.60. The lowest BCUT2D eigenvalue weighted by Crippen LogP contribution is -2.06. The van der Waals surface area contributed by atoms with Crippen molar-refractivity contribution >= 4 is 49.1 Å². The van der Waals surface area contributed by atoms with Crippen LogP contribution in [0.3, 0.4) is 0 Å². The van der Waals surface area contributed by atoms with Crippen molar-refractivity contribution in [3.63, 3.8) is 0 Å². The number of aryl methyl sites for hydroxylation is 1. The number of nitrogens with one attached hydrogen (secondary N) is 1. The molecule has 0 aliphatic rings. The maximum Gasteiger partial charge on any atom is 0.139 e. The van der Waals surface area contributed by atoms with Crippen molar-refractivity contribution in [1.29, 1.82) is 0 Å². The zero-order chi connectivity index (χ0) is 19.4. The summed E-state index contributed by atoms with van der Waals surface area (Å²) in [7, 11) is 0. The second-order valence-electron chi connectivity index (χ2n) is 6.36. The van der Waals surface area contributed by atoms with Crippen LogP contribution in [0, 0.1) is 13.8 Å². The molecule has 0 spiro atoms. The Hall–Kier alpha value is -1.49. The maximum atomic E-state index is 6.26. The summed E-state index contributed by atoms with van der Waals surface area (Å²) < 4.78 is 8.04. The molecule has 1 N–H and O–H groups in total. The number of rotatable bonds is 6. The first-order chi connectivity index (χ1) is 13.0. The third-order valence-corrected chi connectivity index (χ3v) is 5.90. The summed E-state index contributed by atoms with van der Waals surface area (Å²) in [5, 5.41) is 4.24. The lowest BCUT2D eigenvalue weighted by atomic mass is 10.1. The van der Waals surface area contributed by atoms with Gasteiger partial charge in [0, 0.05) is 32.9 Å². The van der Waals surface area contributed by atoms with Gasteiger partial charge in [0.05, 0.1) is 4.47 Å². The Morgan fingerprint density at radius 2 is 1.74 bits per heavy atom. The minimum Gasteiger partial charge on any atom is -0.487 e. The van der Waals surface area contributed by atoms with Crippen LogP contribution >= 0.6 is 43.5 Å². The van der Waals surface area contributed by atoms with Gasteiger partial charge in [0.15, 0.2) is 0 Å². The molecule has 0 fully saturated rings. The molecular formula is C22H20Br2ClNO. The van der Waals surface area contributed by atoms with E-state index >= 15 is 0 Å². The van der Waals surface area contributed by atoms with E-state index in [-0.39, 0.29) is 0 Å². The highest BCUT2D eigenvalue weighted by molar-refractivity contribution is 9.11. The maximum absolute atomic E-state index is 6.26. The van der Waals surface area contributed by atoms with Crippen molar-refractivity contribution in [1.82, 2.24) is 0 Å². The SMILES string of the molecule is Cc1cccc(NCc2cc(Br)cc(Br)c2OCc2ccccc2Cl)c1C. The summed E-state index contributed by atoms with van der Waals surface area (Å²) in [6, 6.07) is 18.1. The van der Waals surface area contributed by atoms with Crippen LogP contribution in [0.25, 0.3) is 0 Å². The molecular weight excluding hydrogens is 490 g/mol. The molecule has 0 aliphatic carbocycles. The lowest BCUT2D eigenvalue weighted by molar-refractivity contribution is 0.301. The quantitative estimate of drug-likeness (QED) is 0.368. The van der Waals surface area contributed by atoms with Crippen LogP contribution in [-0.4, -0.2) is 0 Å². The van der Waals surface area contributed by atoms with Gasteiger partial charge in [0.1, 0.15) is 12.4 Å². The van der Waals surface area contributed by atoms with E-state index in [0.717, 1.165) is 31.5 Å². The van der Waals surface area contributed by atoms with Crippen molar-refractivity contribution in [3.05, 3.63) is 90.8 Å². The molecule has 0 heterocycles. The molecule has 3 aromatic rings. The van der Waals surface area contributed by atoms with Crippen LogP contribution in [0.15, 0.2) is 63.5 Å². The first kappa shape index (κ1) is 20.2. The second-order valence-corrected chi connectivity index (χ2v) is 8.53. The summed E-state index contributed by atoms with van der Waals surface area (Å²) in [6.45, 7) is 5.31. The molecule has 140 valence electrons. The third-order valence-electron chi connectivity index (χ3n) is 4.49. The monoisotopic (exact) mass is 507 g/mol.